The van der Waals surface area contributed by atoms with E-state index < -0.39 is 40.0 Å². The maximum atomic E-state index is 13.5. The molecule has 0 radical (unpaired) electrons. The summed E-state index contributed by atoms with van der Waals surface area (Å²) in [6, 6.07) is 5.23. The predicted octanol–water partition coefficient (Wildman–Crippen LogP) is 7.30. The second-order valence-electron chi connectivity index (χ2n) is 10.8. The highest BCUT2D eigenvalue weighted by Gasteiger charge is 2.44. The summed E-state index contributed by atoms with van der Waals surface area (Å²) in [5.74, 6) is -2.30. The van der Waals surface area contributed by atoms with Gasteiger partial charge in [0.15, 0.2) is 23.1 Å². The van der Waals surface area contributed by atoms with E-state index >= 15 is 0 Å². The van der Waals surface area contributed by atoms with Crippen LogP contribution in [-0.4, -0.2) is 45.6 Å². The zero-order valence-corrected chi connectivity index (χ0v) is 26.2. The Bertz CT molecular complexity index is 1620. The van der Waals surface area contributed by atoms with E-state index in [0.717, 1.165) is 6.07 Å². The van der Waals surface area contributed by atoms with E-state index in [-0.39, 0.29) is 55.5 Å². The van der Waals surface area contributed by atoms with E-state index in [4.69, 9.17) is 9.47 Å². The van der Waals surface area contributed by atoms with Gasteiger partial charge in [-0.3, -0.25) is 24.5 Å². The summed E-state index contributed by atoms with van der Waals surface area (Å²) in [5, 5.41) is 21.1. The molecule has 0 aromatic heterocycles. The van der Waals surface area contributed by atoms with E-state index in [1.165, 1.54) is 0 Å². The Morgan fingerprint density at radius 3 is 2.20 bits per heavy atom. The molecule has 0 spiro atoms. The number of rotatable bonds is 9. The second kappa shape index (κ2) is 12.8. The number of Topliss-reactive ketones (excluding diaryl/α,β-unsaturated/α-hetero) is 2. The Hall–Kier alpha value is -3.95. The first kappa shape index (κ1) is 32.4. The van der Waals surface area contributed by atoms with Crippen molar-refractivity contribution in [2.24, 2.45) is 0 Å². The number of allylic oxidation sites excluding steroid dienone is 4. The molecular weight excluding hydrogens is 712 g/mol. The molecule has 2 aliphatic carbocycles. The molecule has 1 N–H and O–H groups in total. The van der Waals surface area contributed by atoms with Crippen molar-refractivity contribution in [3.8, 4) is 17.2 Å². The molecule has 0 saturated heterocycles. The van der Waals surface area contributed by atoms with E-state index in [1.54, 1.807) is 19.1 Å². The lowest BCUT2D eigenvalue weighted by Crippen LogP contribution is -2.40. The van der Waals surface area contributed by atoms with Gasteiger partial charge in [0.2, 0.25) is 5.75 Å². The first-order valence-corrected chi connectivity index (χ1v) is 15.4. The summed E-state index contributed by atoms with van der Waals surface area (Å²) in [5.41, 5.74) is 0.747. The minimum Gasteiger partial charge on any atom is -0.490 e. The van der Waals surface area contributed by atoms with Gasteiger partial charge in [0.05, 0.1) is 27.1 Å². The van der Waals surface area contributed by atoms with Crippen LogP contribution in [0.15, 0.2) is 52.9 Å². The van der Waals surface area contributed by atoms with Crippen molar-refractivity contribution in [3.63, 3.8) is 0 Å². The van der Waals surface area contributed by atoms with Crippen molar-refractivity contribution in [1.29, 1.82) is 0 Å². The number of nitro groups is 1. The van der Waals surface area contributed by atoms with Crippen LogP contribution in [0.25, 0.3) is 0 Å². The molecule has 0 amide bonds. The van der Waals surface area contributed by atoms with Gasteiger partial charge in [-0.05, 0) is 85.0 Å². The number of carboxylic acid groups (broad SMARTS) is 1. The fourth-order valence-corrected chi connectivity index (χ4v) is 6.91. The number of hydrogen-bond acceptors (Lipinski definition) is 8. The lowest BCUT2D eigenvalue weighted by molar-refractivity contribution is -0.385. The Kier molecular flexibility index (Phi) is 9.23. The molecular formula is C31H28F3IN2O8. The number of alkyl halides is 3. The fraction of sp³-hybridized carbons (Fsp3) is 0.387. The molecule has 14 heteroatoms. The van der Waals surface area contributed by atoms with E-state index in [0.29, 0.717) is 69.5 Å². The number of ether oxygens (including phenoxy) is 2. The van der Waals surface area contributed by atoms with Crippen molar-refractivity contribution < 1.29 is 47.1 Å². The topological polar surface area (TPSA) is 136 Å². The number of carboxylic acids is 1. The van der Waals surface area contributed by atoms with Gasteiger partial charge < -0.3 is 19.5 Å². The van der Waals surface area contributed by atoms with Gasteiger partial charge >= 0.3 is 17.8 Å². The molecule has 0 saturated carbocycles. The van der Waals surface area contributed by atoms with Crippen LogP contribution in [0.5, 0.6) is 17.2 Å². The summed E-state index contributed by atoms with van der Waals surface area (Å²) < 4.78 is 51.9. The number of carbonyl (C=O) groups is 3. The first-order valence-electron chi connectivity index (χ1n) is 14.3. The Labute approximate surface area is 269 Å². The largest absolute Gasteiger partial charge is 0.490 e. The average Bonchev–Trinajstić information content (AvgIpc) is 2.97. The molecule has 0 bridgehead atoms. The highest BCUT2D eigenvalue weighted by atomic mass is 127. The lowest BCUT2D eigenvalue weighted by Gasteiger charge is -2.44. The van der Waals surface area contributed by atoms with Crippen molar-refractivity contribution in [2.75, 3.05) is 13.2 Å². The van der Waals surface area contributed by atoms with Crippen LogP contribution in [0.4, 0.5) is 18.9 Å². The van der Waals surface area contributed by atoms with Gasteiger partial charge in [0, 0.05) is 53.9 Å². The van der Waals surface area contributed by atoms with Gasteiger partial charge in [-0.1, -0.05) is 0 Å². The zero-order valence-electron chi connectivity index (χ0n) is 24.0. The highest BCUT2D eigenvalue weighted by molar-refractivity contribution is 14.1. The summed E-state index contributed by atoms with van der Waals surface area (Å²) in [4.78, 5) is 51.2. The third-order valence-corrected chi connectivity index (χ3v) is 8.80. The first-order chi connectivity index (χ1) is 21.3. The molecule has 5 rings (SSSR count). The van der Waals surface area contributed by atoms with E-state index in [9.17, 15) is 42.8 Å². The number of halogens is 4. The second-order valence-corrected chi connectivity index (χ2v) is 12.0. The number of benzene rings is 2. The smallest absolute Gasteiger partial charge is 0.416 e. The molecule has 45 heavy (non-hydrogen) atoms. The Balaban J connectivity index is 1.65. The summed E-state index contributed by atoms with van der Waals surface area (Å²) in [6.45, 7) is 1.96. The molecule has 0 atom stereocenters. The quantitative estimate of drug-likeness (QED) is 0.160. The maximum absolute atomic E-state index is 13.5. The molecule has 3 aliphatic rings. The van der Waals surface area contributed by atoms with Crippen molar-refractivity contribution in [1.82, 2.24) is 4.90 Å². The number of ketones is 2. The van der Waals surface area contributed by atoms with Gasteiger partial charge in [-0.15, -0.1) is 0 Å². The molecule has 1 aliphatic heterocycles. The average molecular weight is 740 g/mol. The van der Waals surface area contributed by atoms with Crippen LogP contribution in [0.2, 0.25) is 0 Å². The molecule has 1 heterocycles. The van der Waals surface area contributed by atoms with Crippen LogP contribution in [0.1, 0.15) is 68.9 Å². The van der Waals surface area contributed by atoms with Crippen LogP contribution in [0, 0.1) is 13.7 Å². The van der Waals surface area contributed by atoms with Gasteiger partial charge in [0.1, 0.15) is 0 Å². The van der Waals surface area contributed by atoms with Crippen molar-refractivity contribution >= 4 is 45.8 Å². The molecule has 2 aromatic rings. The predicted molar refractivity (Wildman–Crippen MR) is 162 cm³/mol. The molecule has 0 unspecified atom stereocenters. The highest BCUT2D eigenvalue weighted by Crippen LogP contribution is 2.51. The fourth-order valence-electron chi connectivity index (χ4n) is 6.18. The Morgan fingerprint density at radius 2 is 1.67 bits per heavy atom. The summed E-state index contributed by atoms with van der Waals surface area (Å²) in [6.07, 6.45) is -2.18. The van der Waals surface area contributed by atoms with Crippen molar-refractivity contribution in [3.05, 3.63) is 77.7 Å². The zero-order chi connectivity index (χ0) is 32.6. The summed E-state index contributed by atoms with van der Waals surface area (Å²) in [7, 11) is 0. The van der Waals surface area contributed by atoms with Crippen molar-refractivity contribution in [2.45, 2.75) is 64.0 Å². The standard InChI is InChI=1S/C31H28F3IN2O8/c1-2-44-25-14-16(13-18(35)30(25)45-24-10-9-17(31(32,33)34)15-21(24)37(42)43)27-28-19(5-3-7-22(28)38)36(12-11-26(40)41)20-6-4-8-23(39)29(20)27/h9-10,13-15,27H,2-8,11-12H2,1H3,(H,40,41). The number of aliphatic carboxylic acids is 1. The number of carbonyl (C=O) groups excluding carboxylic acids is 2. The number of nitrogens with zero attached hydrogens (tertiary/aromatic N) is 2. The lowest BCUT2D eigenvalue weighted by atomic mass is 9.71. The van der Waals surface area contributed by atoms with E-state index in [2.05, 4.69) is 0 Å². The van der Waals surface area contributed by atoms with Crippen LogP contribution in [-0.2, 0) is 20.6 Å². The number of nitro benzene ring substituents is 1. The van der Waals surface area contributed by atoms with Crippen LogP contribution < -0.4 is 9.47 Å². The Morgan fingerprint density at radius 1 is 1.04 bits per heavy atom. The third kappa shape index (κ3) is 6.42. The van der Waals surface area contributed by atoms with E-state index in [1.807, 2.05) is 27.5 Å². The molecule has 0 fully saturated rings. The van der Waals surface area contributed by atoms with Gasteiger partial charge in [-0.2, -0.15) is 13.2 Å². The minimum absolute atomic E-state index is 0.0244. The normalized spacial score (nSPS) is 17.3. The summed E-state index contributed by atoms with van der Waals surface area (Å²) >= 11 is 1.92. The van der Waals surface area contributed by atoms with Crippen LogP contribution in [0.3, 0.4) is 0 Å². The van der Waals surface area contributed by atoms with Gasteiger partial charge in [0.25, 0.3) is 0 Å². The maximum Gasteiger partial charge on any atom is 0.416 e. The third-order valence-electron chi connectivity index (χ3n) is 8.00. The molecule has 2 aromatic carbocycles. The molecule has 10 nitrogen and oxygen atoms in total. The number of hydrogen-bond donors (Lipinski definition) is 1. The monoisotopic (exact) mass is 740 g/mol. The van der Waals surface area contributed by atoms with Crippen LogP contribution >= 0.6 is 22.6 Å². The molecule has 238 valence electrons. The minimum atomic E-state index is -4.80. The SMILES string of the molecule is CCOc1cc(C2C3=C(CCCC3=O)N(CCC(=O)O)C3=C2C(=O)CCC3)cc(I)c1Oc1ccc(C(F)(F)F)cc1[N+](=O)[O-]. The van der Waals surface area contributed by atoms with Gasteiger partial charge in [-0.25, -0.2) is 0 Å².